The van der Waals surface area contributed by atoms with Crippen molar-refractivity contribution in [3.8, 4) is 0 Å². The lowest BCUT2D eigenvalue weighted by atomic mass is 9.76. The smallest absolute Gasteiger partial charge is 0.270 e. The van der Waals surface area contributed by atoms with Crippen molar-refractivity contribution in [3.63, 3.8) is 0 Å². The average Bonchev–Trinajstić information content (AvgIpc) is 2.74. The lowest BCUT2D eigenvalue weighted by Crippen LogP contribution is -2.53. The summed E-state index contributed by atoms with van der Waals surface area (Å²) in [7, 11) is 1.59. The van der Waals surface area contributed by atoms with E-state index in [1.165, 1.54) is 0 Å². The summed E-state index contributed by atoms with van der Waals surface area (Å²) in [5.41, 5.74) is 3.04. The largest absolute Gasteiger partial charge is 0.381 e. The molecule has 31 heavy (non-hydrogen) atoms. The summed E-state index contributed by atoms with van der Waals surface area (Å²) in [4.78, 5) is 30.9. The van der Waals surface area contributed by atoms with E-state index >= 15 is 0 Å². The first-order valence-corrected chi connectivity index (χ1v) is 11.2. The molecular formula is C25H35N3O3. The van der Waals surface area contributed by atoms with Crippen molar-refractivity contribution in [1.29, 1.82) is 0 Å². The molecule has 1 aromatic rings. The lowest BCUT2D eigenvalue weighted by molar-refractivity contribution is -0.129. The third-order valence-corrected chi connectivity index (χ3v) is 6.30. The van der Waals surface area contributed by atoms with Crippen LogP contribution in [0.4, 0.5) is 0 Å². The second kappa shape index (κ2) is 9.77. The topological polar surface area (TPSA) is 79.8 Å². The number of nitrogens with zero attached hydrogens (tertiary/aromatic N) is 1. The molecule has 3 atom stereocenters. The van der Waals surface area contributed by atoms with E-state index in [0.717, 1.165) is 36.3 Å². The maximum Gasteiger partial charge on any atom is 0.270 e. The fourth-order valence-corrected chi connectivity index (χ4v) is 4.39. The molecule has 3 unspecified atom stereocenters. The van der Waals surface area contributed by atoms with E-state index in [0.29, 0.717) is 24.6 Å². The van der Waals surface area contributed by atoms with Crippen LogP contribution in [0.3, 0.4) is 0 Å². The van der Waals surface area contributed by atoms with Gasteiger partial charge in [-0.1, -0.05) is 58.0 Å². The van der Waals surface area contributed by atoms with Gasteiger partial charge in [-0.05, 0) is 47.6 Å². The van der Waals surface area contributed by atoms with Gasteiger partial charge in [-0.25, -0.2) is 4.99 Å². The first-order chi connectivity index (χ1) is 14.7. The summed E-state index contributed by atoms with van der Waals surface area (Å²) in [6, 6.07) is 9.39. The van der Waals surface area contributed by atoms with Crippen LogP contribution in [0.2, 0.25) is 0 Å². The molecule has 2 aliphatic rings. The van der Waals surface area contributed by atoms with Gasteiger partial charge >= 0.3 is 0 Å². The van der Waals surface area contributed by atoms with Crippen molar-refractivity contribution in [1.82, 2.24) is 10.6 Å². The molecular weight excluding hydrogens is 390 g/mol. The van der Waals surface area contributed by atoms with E-state index in [2.05, 4.69) is 17.6 Å². The molecule has 2 heterocycles. The Morgan fingerprint density at radius 3 is 2.52 bits per heavy atom. The molecule has 1 fully saturated rings. The van der Waals surface area contributed by atoms with Gasteiger partial charge in [-0.2, -0.15) is 0 Å². The second-order valence-electron chi connectivity index (χ2n) is 9.62. The van der Waals surface area contributed by atoms with Gasteiger partial charge in [0.15, 0.2) is 0 Å². The number of amides is 2. The van der Waals surface area contributed by atoms with E-state index in [1.54, 1.807) is 7.05 Å². The fraction of sp³-hybridized carbons (Fsp3) is 0.560. The fourth-order valence-electron chi connectivity index (χ4n) is 4.39. The van der Waals surface area contributed by atoms with Gasteiger partial charge in [0.2, 0.25) is 5.91 Å². The molecule has 0 aliphatic carbocycles. The Labute approximate surface area is 185 Å². The van der Waals surface area contributed by atoms with Crippen LogP contribution in [0.5, 0.6) is 0 Å². The second-order valence-corrected chi connectivity index (χ2v) is 9.62. The molecule has 0 spiro atoms. The minimum absolute atomic E-state index is 0.208. The normalized spacial score (nSPS) is 23.1. The molecule has 0 bridgehead atoms. The number of rotatable bonds is 4. The quantitative estimate of drug-likeness (QED) is 0.775. The van der Waals surface area contributed by atoms with Crippen LogP contribution in [-0.2, 0) is 14.3 Å². The minimum atomic E-state index is -0.656. The number of hydrogen-bond acceptors (Lipinski definition) is 4. The number of benzene rings is 1. The molecule has 2 aliphatic heterocycles. The Morgan fingerprint density at radius 1 is 1.16 bits per heavy atom. The van der Waals surface area contributed by atoms with Crippen molar-refractivity contribution in [3.05, 3.63) is 47.2 Å². The molecule has 0 radical (unpaired) electrons. The standard InChI is InChI=1S/C25H35N3O3/c1-16-11-13-31-14-12-18-19(16)15-20(17-9-7-6-8-10-17)27-21(18)23(29)28-22(24(30)26-5)25(2,3)4/h6-10,16,19,22H,11-15H2,1-5H3,(H,26,30)(H,28,29). The van der Waals surface area contributed by atoms with Gasteiger partial charge < -0.3 is 15.4 Å². The molecule has 6 nitrogen and oxygen atoms in total. The molecule has 1 saturated heterocycles. The highest BCUT2D eigenvalue weighted by Crippen LogP contribution is 2.38. The minimum Gasteiger partial charge on any atom is -0.381 e. The van der Waals surface area contributed by atoms with Crippen molar-refractivity contribution in [2.24, 2.45) is 22.2 Å². The first-order valence-electron chi connectivity index (χ1n) is 11.2. The monoisotopic (exact) mass is 425 g/mol. The Hall–Kier alpha value is -2.47. The number of fused-ring (bicyclic) bond motifs is 1. The van der Waals surface area contributed by atoms with Gasteiger partial charge in [0, 0.05) is 19.4 Å². The highest BCUT2D eigenvalue weighted by atomic mass is 16.5. The molecule has 2 N–H and O–H groups in total. The van der Waals surface area contributed by atoms with Gasteiger partial charge in [0.05, 0.1) is 6.61 Å². The van der Waals surface area contributed by atoms with Gasteiger partial charge in [0.25, 0.3) is 5.91 Å². The first kappa shape index (κ1) is 23.2. The Kier molecular flexibility index (Phi) is 7.31. The number of carbonyl (C=O) groups excluding carboxylic acids is 2. The Morgan fingerprint density at radius 2 is 1.87 bits per heavy atom. The van der Waals surface area contributed by atoms with Crippen LogP contribution < -0.4 is 10.6 Å². The summed E-state index contributed by atoms with van der Waals surface area (Å²) >= 11 is 0. The predicted molar refractivity (Wildman–Crippen MR) is 123 cm³/mol. The zero-order valence-corrected chi connectivity index (χ0v) is 19.3. The van der Waals surface area contributed by atoms with E-state index in [1.807, 2.05) is 51.1 Å². The van der Waals surface area contributed by atoms with E-state index in [4.69, 9.17) is 9.73 Å². The molecule has 2 amide bonds. The molecule has 1 aromatic carbocycles. The zero-order chi connectivity index (χ0) is 22.6. The number of carbonyl (C=O) groups is 2. The van der Waals surface area contributed by atoms with Crippen LogP contribution in [-0.4, -0.2) is 43.8 Å². The summed E-state index contributed by atoms with van der Waals surface area (Å²) in [5, 5.41) is 5.65. The van der Waals surface area contributed by atoms with Crippen molar-refractivity contribution in [2.45, 2.75) is 53.0 Å². The molecule has 0 saturated carbocycles. The highest BCUT2D eigenvalue weighted by Gasteiger charge is 2.37. The maximum atomic E-state index is 13.5. The Balaban J connectivity index is 2.03. The number of likely N-dealkylation sites (N-methyl/N-ethyl adjacent to an activating group) is 1. The van der Waals surface area contributed by atoms with Crippen molar-refractivity contribution in [2.75, 3.05) is 20.3 Å². The highest BCUT2D eigenvalue weighted by molar-refractivity contribution is 6.07. The van der Waals surface area contributed by atoms with Crippen LogP contribution in [0.15, 0.2) is 46.6 Å². The summed E-state index contributed by atoms with van der Waals surface area (Å²) < 4.78 is 5.75. The Bertz CT molecular complexity index is 868. The average molecular weight is 426 g/mol. The SMILES string of the molecule is CNC(=O)C(NC(=O)C1=C2CCOCCC(C)C2CC(c2ccccc2)=N1)C(C)(C)C. The van der Waals surface area contributed by atoms with Crippen molar-refractivity contribution >= 4 is 17.5 Å². The van der Waals surface area contributed by atoms with Gasteiger partial charge in [0.1, 0.15) is 11.7 Å². The molecule has 6 heteroatoms. The van der Waals surface area contributed by atoms with E-state index in [9.17, 15) is 9.59 Å². The van der Waals surface area contributed by atoms with Crippen molar-refractivity contribution < 1.29 is 14.3 Å². The summed E-state index contributed by atoms with van der Waals surface area (Å²) in [6.45, 7) is 9.39. The number of nitrogens with one attached hydrogen (secondary N) is 2. The number of hydrogen-bond donors (Lipinski definition) is 2. The molecule has 168 valence electrons. The van der Waals surface area contributed by atoms with Crippen LogP contribution in [0.1, 0.15) is 52.5 Å². The van der Waals surface area contributed by atoms with Gasteiger partial charge in [-0.15, -0.1) is 0 Å². The van der Waals surface area contributed by atoms with Gasteiger partial charge in [-0.3, -0.25) is 9.59 Å². The number of aliphatic imine (C=N–C) groups is 1. The van der Waals surface area contributed by atoms with Crippen LogP contribution in [0, 0.1) is 17.3 Å². The maximum absolute atomic E-state index is 13.5. The van der Waals surface area contributed by atoms with Crippen LogP contribution in [0.25, 0.3) is 0 Å². The zero-order valence-electron chi connectivity index (χ0n) is 19.3. The third-order valence-electron chi connectivity index (χ3n) is 6.30. The van der Waals surface area contributed by atoms with Crippen LogP contribution >= 0.6 is 0 Å². The third kappa shape index (κ3) is 5.42. The summed E-state index contributed by atoms with van der Waals surface area (Å²) in [5.74, 6) is 0.125. The number of ether oxygens (including phenoxy) is 1. The lowest BCUT2D eigenvalue weighted by Gasteiger charge is -2.35. The predicted octanol–water partition coefficient (Wildman–Crippen LogP) is 3.47. The molecule has 3 rings (SSSR count). The van der Waals surface area contributed by atoms with E-state index in [-0.39, 0.29) is 17.7 Å². The van der Waals surface area contributed by atoms with E-state index < -0.39 is 11.5 Å². The summed E-state index contributed by atoms with van der Waals surface area (Å²) in [6.07, 6.45) is 2.45. The molecule has 0 aromatic heterocycles.